The predicted octanol–water partition coefficient (Wildman–Crippen LogP) is 8.57. The van der Waals surface area contributed by atoms with Crippen LogP contribution in [0.4, 0.5) is 0 Å². The first kappa shape index (κ1) is 23.7. The third-order valence-corrected chi connectivity index (χ3v) is 6.15. The minimum absolute atomic E-state index is 0.888. The number of thiophene rings is 1. The van der Waals surface area contributed by atoms with Gasteiger partial charge in [0.05, 0.1) is 6.61 Å². The van der Waals surface area contributed by atoms with E-state index in [1.54, 1.807) is 0 Å². The quantitative estimate of drug-likeness (QED) is 0.206. The minimum atomic E-state index is 0.888. The normalized spacial score (nSPS) is 11.3. The summed E-state index contributed by atoms with van der Waals surface area (Å²) in [6.07, 6.45) is 23.9. The van der Waals surface area contributed by atoms with Gasteiger partial charge in [0.1, 0.15) is 0 Å². The zero-order valence-corrected chi connectivity index (χ0v) is 18.3. The molecule has 0 aliphatic rings. The van der Waals surface area contributed by atoms with Crippen molar-refractivity contribution >= 4 is 11.3 Å². The first-order valence-electron chi connectivity index (χ1n) is 11.5. The Labute approximate surface area is 167 Å². The van der Waals surface area contributed by atoms with E-state index in [0.29, 0.717) is 0 Å². The number of unbranched alkanes of at least 4 members (excludes halogenated alkanes) is 15. The molecule has 0 spiro atoms. The molecule has 0 N–H and O–H groups in total. The molecule has 0 saturated heterocycles. The molecule has 0 unspecified atom stereocenters. The smallest absolute Gasteiger partial charge is 0.0514 e. The van der Waals surface area contributed by atoms with Crippen LogP contribution < -0.4 is 0 Å². The van der Waals surface area contributed by atoms with E-state index >= 15 is 0 Å². The second kappa shape index (κ2) is 19.4. The molecule has 0 bridgehead atoms. The fourth-order valence-corrected chi connectivity index (χ4v) is 4.17. The molecule has 26 heavy (non-hydrogen) atoms. The van der Waals surface area contributed by atoms with Crippen LogP contribution in [0.15, 0.2) is 17.5 Å². The highest BCUT2D eigenvalue weighted by Crippen LogP contribution is 2.14. The van der Waals surface area contributed by atoms with Gasteiger partial charge in [0.2, 0.25) is 0 Å². The Hall–Kier alpha value is -0.340. The molecule has 0 saturated carbocycles. The summed E-state index contributed by atoms with van der Waals surface area (Å²) in [6, 6.07) is 4.32. The highest BCUT2D eigenvalue weighted by Gasteiger charge is 1.96. The van der Waals surface area contributed by atoms with Crippen molar-refractivity contribution in [2.24, 2.45) is 0 Å². The molecule has 0 aliphatic heterocycles. The van der Waals surface area contributed by atoms with E-state index in [4.69, 9.17) is 4.74 Å². The first-order chi connectivity index (χ1) is 12.9. The van der Waals surface area contributed by atoms with E-state index in [1.165, 1.54) is 108 Å². The molecule has 1 aromatic rings. The molecular weight excluding hydrogens is 336 g/mol. The third-order valence-electron chi connectivity index (χ3n) is 5.22. The maximum Gasteiger partial charge on any atom is 0.0514 e. The van der Waals surface area contributed by atoms with Gasteiger partial charge in [-0.3, -0.25) is 0 Å². The van der Waals surface area contributed by atoms with Crippen molar-refractivity contribution in [1.82, 2.24) is 0 Å². The van der Waals surface area contributed by atoms with E-state index in [1.807, 2.05) is 11.3 Å². The molecule has 152 valence electrons. The number of rotatable bonds is 20. The SMILES string of the molecule is CCCCCCCCCCCCCCCCCCOCCc1cccs1. The zero-order valence-electron chi connectivity index (χ0n) is 17.5. The van der Waals surface area contributed by atoms with Gasteiger partial charge in [0, 0.05) is 17.9 Å². The van der Waals surface area contributed by atoms with Crippen LogP contribution in [0.2, 0.25) is 0 Å². The zero-order chi connectivity index (χ0) is 18.5. The molecule has 1 aromatic heterocycles. The van der Waals surface area contributed by atoms with Crippen molar-refractivity contribution in [2.45, 2.75) is 116 Å². The largest absolute Gasteiger partial charge is 0.381 e. The molecule has 0 fully saturated rings. The molecule has 1 rings (SSSR count). The molecule has 2 heteroatoms. The summed E-state index contributed by atoms with van der Waals surface area (Å²) in [6.45, 7) is 4.13. The lowest BCUT2D eigenvalue weighted by Crippen LogP contribution is -1.99. The number of hydrogen-bond acceptors (Lipinski definition) is 2. The lowest BCUT2D eigenvalue weighted by Gasteiger charge is -2.04. The Morgan fingerprint density at radius 2 is 1.15 bits per heavy atom. The molecule has 0 aliphatic carbocycles. The Kier molecular flexibility index (Phi) is 17.7. The second-order valence-electron chi connectivity index (χ2n) is 7.75. The molecule has 0 amide bonds. The number of ether oxygens (including phenoxy) is 1. The maximum absolute atomic E-state index is 5.73. The van der Waals surface area contributed by atoms with E-state index in [0.717, 1.165) is 19.6 Å². The highest BCUT2D eigenvalue weighted by molar-refractivity contribution is 7.09. The number of hydrogen-bond donors (Lipinski definition) is 0. The van der Waals surface area contributed by atoms with E-state index in [9.17, 15) is 0 Å². The Balaban J connectivity index is 1.65. The minimum Gasteiger partial charge on any atom is -0.381 e. The van der Waals surface area contributed by atoms with Crippen molar-refractivity contribution in [3.8, 4) is 0 Å². The second-order valence-corrected chi connectivity index (χ2v) is 8.78. The lowest BCUT2D eigenvalue weighted by atomic mass is 10.0. The Bertz CT molecular complexity index is 360. The highest BCUT2D eigenvalue weighted by atomic mass is 32.1. The van der Waals surface area contributed by atoms with Gasteiger partial charge in [-0.15, -0.1) is 11.3 Å². The summed E-state index contributed by atoms with van der Waals surface area (Å²) >= 11 is 1.83. The van der Waals surface area contributed by atoms with Gasteiger partial charge in [-0.05, 0) is 17.9 Å². The van der Waals surface area contributed by atoms with Crippen LogP contribution in [0.3, 0.4) is 0 Å². The predicted molar refractivity (Wildman–Crippen MR) is 118 cm³/mol. The van der Waals surface area contributed by atoms with Gasteiger partial charge in [-0.2, -0.15) is 0 Å². The standard InChI is InChI=1S/C24H44OS/c1-2-3-4-5-6-7-8-9-10-11-12-13-14-15-16-17-21-25-22-20-24-19-18-23-26-24/h18-19,23H,2-17,20-22H2,1H3. The van der Waals surface area contributed by atoms with Gasteiger partial charge in [0.25, 0.3) is 0 Å². The van der Waals surface area contributed by atoms with Gasteiger partial charge >= 0.3 is 0 Å². The summed E-state index contributed by atoms with van der Waals surface area (Å²) in [5.74, 6) is 0. The third kappa shape index (κ3) is 15.9. The van der Waals surface area contributed by atoms with Crippen molar-refractivity contribution in [3.63, 3.8) is 0 Å². The topological polar surface area (TPSA) is 9.23 Å². The molecular formula is C24H44OS. The van der Waals surface area contributed by atoms with E-state index in [-0.39, 0.29) is 0 Å². The average Bonchev–Trinajstić information content (AvgIpc) is 3.17. The van der Waals surface area contributed by atoms with Crippen LogP contribution in [-0.4, -0.2) is 13.2 Å². The van der Waals surface area contributed by atoms with Crippen LogP contribution in [0.25, 0.3) is 0 Å². The van der Waals surface area contributed by atoms with Crippen molar-refractivity contribution in [3.05, 3.63) is 22.4 Å². The van der Waals surface area contributed by atoms with Crippen LogP contribution >= 0.6 is 11.3 Å². The molecule has 0 atom stereocenters. The van der Waals surface area contributed by atoms with Crippen molar-refractivity contribution in [2.75, 3.05) is 13.2 Å². The Morgan fingerprint density at radius 1 is 0.654 bits per heavy atom. The lowest BCUT2D eigenvalue weighted by molar-refractivity contribution is 0.133. The van der Waals surface area contributed by atoms with Crippen LogP contribution in [0.5, 0.6) is 0 Å². The van der Waals surface area contributed by atoms with Crippen molar-refractivity contribution in [1.29, 1.82) is 0 Å². The fraction of sp³-hybridized carbons (Fsp3) is 0.833. The van der Waals surface area contributed by atoms with Crippen LogP contribution in [0, 0.1) is 0 Å². The van der Waals surface area contributed by atoms with Gasteiger partial charge in [0.15, 0.2) is 0 Å². The molecule has 0 aromatic carbocycles. The van der Waals surface area contributed by atoms with Gasteiger partial charge in [-0.1, -0.05) is 109 Å². The summed E-state index contributed by atoms with van der Waals surface area (Å²) in [7, 11) is 0. The average molecular weight is 381 g/mol. The summed E-state index contributed by atoms with van der Waals surface area (Å²) in [4.78, 5) is 1.44. The van der Waals surface area contributed by atoms with E-state index < -0.39 is 0 Å². The molecule has 1 nitrogen and oxygen atoms in total. The Morgan fingerprint density at radius 3 is 1.62 bits per heavy atom. The first-order valence-corrected chi connectivity index (χ1v) is 12.4. The van der Waals surface area contributed by atoms with E-state index in [2.05, 4.69) is 24.4 Å². The van der Waals surface area contributed by atoms with Gasteiger partial charge in [-0.25, -0.2) is 0 Å². The van der Waals surface area contributed by atoms with Crippen LogP contribution in [-0.2, 0) is 11.2 Å². The van der Waals surface area contributed by atoms with Gasteiger partial charge < -0.3 is 4.74 Å². The fourth-order valence-electron chi connectivity index (χ4n) is 3.48. The summed E-state index contributed by atoms with van der Waals surface area (Å²) in [5, 5.41) is 2.14. The molecule has 0 radical (unpaired) electrons. The maximum atomic E-state index is 5.73. The monoisotopic (exact) mass is 380 g/mol. The summed E-state index contributed by atoms with van der Waals surface area (Å²) in [5.41, 5.74) is 0. The molecule has 1 heterocycles. The van der Waals surface area contributed by atoms with Crippen LogP contribution in [0.1, 0.15) is 115 Å². The summed E-state index contributed by atoms with van der Waals surface area (Å²) < 4.78 is 5.73. The van der Waals surface area contributed by atoms with Crippen molar-refractivity contribution < 1.29 is 4.74 Å².